The molecule has 136 valence electrons. The molecule has 1 saturated heterocycles. The number of hydrogen-bond donors (Lipinski definition) is 2. The van der Waals surface area contributed by atoms with Gasteiger partial charge >= 0.3 is 0 Å². The maximum atomic E-state index is 12.3. The Morgan fingerprint density at radius 1 is 1.27 bits per heavy atom. The van der Waals surface area contributed by atoms with Gasteiger partial charge in [-0.15, -0.1) is 0 Å². The SMILES string of the molecule is COc1ccc(C(=O)NC(=S)NN2CCCC[C@H]2c2cccnc2)cc1. The molecule has 0 unspecified atom stereocenters. The molecule has 6 nitrogen and oxygen atoms in total. The Labute approximate surface area is 158 Å². The summed E-state index contributed by atoms with van der Waals surface area (Å²) in [7, 11) is 1.59. The summed E-state index contributed by atoms with van der Waals surface area (Å²) in [6, 6.07) is 11.1. The summed E-state index contributed by atoms with van der Waals surface area (Å²) < 4.78 is 5.10. The molecular weight excluding hydrogens is 348 g/mol. The molecule has 1 aromatic heterocycles. The fourth-order valence-corrected chi connectivity index (χ4v) is 3.27. The first-order valence-corrected chi connectivity index (χ1v) is 9.01. The van der Waals surface area contributed by atoms with Crippen LogP contribution in [0.15, 0.2) is 48.8 Å². The first kappa shape index (κ1) is 18.3. The molecular formula is C19H22N4O2S. The number of nitrogens with zero attached hydrogens (tertiary/aromatic N) is 2. The van der Waals surface area contributed by atoms with E-state index in [1.165, 1.54) is 0 Å². The molecule has 2 heterocycles. The summed E-state index contributed by atoms with van der Waals surface area (Å²) in [5, 5.41) is 5.11. The zero-order chi connectivity index (χ0) is 18.4. The minimum absolute atomic E-state index is 0.188. The maximum absolute atomic E-state index is 12.3. The van der Waals surface area contributed by atoms with Crippen molar-refractivity contribution >= 4 is 23.2 Å². The molecule has 1 amide bonds. The second-order valence-corrected chi connectivity index (χ2v) is 6.52. The molecule has 2 N–H and O–H groups in total. The molecule has 26 heavy (non-hydrogen) atoms. The minimum atomic E-state index is -0.250. The van der Waals surface area contributed by atoms with Crippen molar-refractivity contribution in [3.05, 3.63) is 59.9 Å². The Morgan fingerprint density at radius 3 is 2.77 bits per heavy atom. The number of benzene rings is 1. The third-order valence-electron chi connectivity index (χ3n) is 4.40. The molecule has 0 bridgehead atoms. The van der Waals surface area contributed by atoms with Gasteiger partial charge in [-0.3, -0.25) is 20.5 Å². The van der Waals surface area contributed by atoms with Crippen molar-refractivity contribution in [2.45, 2.75) is 25.3 Å². The average molecular weight is 370 g/mol. The lowest BCUT2D eigenvalue weighted by Gasteiger charge is -2.36. The fraction of sp³-hybridized carbons (Fsp3) is 0.316. The third-order valence-corrected chi connectivity index (χ3v) is 4.59. The van der Waals surface area contributed by atoms with Crippen LogP contribution in [0, 0.1) is 0 Å². The molecule has 1 aliphatic rings. The Hall–Kier alpha value is -2.51. The van der Waals surface area contributed by atoms with Gasteiger partial charge in [0.15, 0.2) is 5.11 Å². The van der Waals surface area contributed by atoms with Crippen molar-refractivity contribution in [2.75, 3.05) is 13.7 Å². The summed E-state index contributed by atoms with van der Waals surface area (Å²) in [5.41, 5.74) is 4.84. The van der Waals surface area contributed by atoms with Crippen LogP contribution in [0.2, 0.25) is 0 Å². The van der Waals surface area contributed by atoms with E-state index in [2.05, 4.69) is 26.8 Å². The molecule has 0 radical (unpaired) electrons. The lowest BCUT2D eigenvalue weighted by molar-refractivity contribution is 0.0957. The smallest absolute Gasteiger partial charge is 0.257 e. The van der Waals surface area contributed by atoms with E-state index in [0.29, 0.717) is 16.4 Å². The van der Waals surface area contributed by atoms with E-state index in [9.17, 15) is 4.79 Å². The largest absolute Gasteiger partial charge is 0.497 e. The highest BCUT2D eigenvalue weighted by molar-refractivity contribution is 7.80. The van der Waals surface area contributed by atoms with Crippen LogP contribution in [0.5, 0.6) is 5.75 Å². The quantitative estimate of drug-likeness (QED) is 0.807. The molecule has 0 spiro atoms. The van der Waals surface area contributed by atoms with Crippen LogP contribution in [-0.2, 0) is 0 Å². The second-order valence-electron chi connectivity index (χ2n) is 6.11. The summed E-state index contributed by atoms with van der Waals surface area (Å²) >= 11 is 5.34. The van der Waals surface area contributed by atoms with Crippen LogP contribution in [0.4, 0.5) is 0 Å². The van der Waals surface area contributed by atoms with E-state index >= 15 is 0 Å². The molecule has 2 aromatic rings. The fourth-order valence-electron chi connectivity index (χ4n) is 3.06. The van der Waals surface area contributed by atoms with Gasteiger partial charge in [-0.25, -0.2) is 5.01 Å². The number of ether oxygens (including phenoxy) is 1. The monoisotopic (exact) mass is 370 g/mol. The summed E-state index contributed by atoms with van der Waals surface area (Å²) in [6.45, 7) is 0.859. The summed E-state index contributed by atoms with van der Waals surface area (Å²) in [6.07, 6.45) is 6.91. The van der Waals surface area contributed by atoms with Crippen LogP contribution < -0.4 is 15.5 Å². The number of carbonyl (C=O) groups is 1. The zero-order valence-electron chi connectivity index (χ0n) is 14.6. The number of hydrogen-bond acceptors (Lipinski definition) is 5. The summed E-state index contributed by atoms with van der Waals surface area (Å²) in [5.74, 6) is 0.454. The lowest BCUT2D eigenvalue weighted by atomic mass is 9.98. The molecule has 7 heteroatoms. The van der Waals surface area contributed by atoms with E-state index in [-0.39, 0.29) is 11.9 Å². The van der Waals surface area contributed by atoms with Gasteiger partial charge in [0.25, 0.3) is 5.91 Å². The highest BCUT2D eigenvalue weighted by Crippen LogP contribution is 2.28. The van der Waals surface area contributed by atoms with Crippen LogP contribution >= 0.6 is 12.2 Å². The van der Waals surface area contributed by atoms with Crippen LogP contribution in [-0.4, -0.2) is 34.7 Å². The highest BCUT2D eigenvalue weighted by atomic mass is 32.1. The van der Waals surface area contributed by atoms with Crippen molar-refractivity contribution < 1.29 is 9.53 Å². The van der Waals surface area contributed by atoms with E-state index in [1.54, 1.807) is 37.6 Å². The van der Waals surface area contributed by atoms with Crippen molar-refractivity contribution in [3.8, 4) is 5.75 Å². The van der Waals surface area contributed by atoms with E-state index in [1.807, 2.05) is 12.3 Å². The molecule has 1 atom stereocenters. The standard InChI is InChI=1S/C19H22N4O2S/c1-25-16-9-7-14(8-10-16)18(24)21-19(26)22-23-12-3-2-6-17(23)15-5-4-11-20-13-15/h4-5,7-11,13,17H,2-3,6,12H2,1H3,(H2,21,22,24,26)/t17-/m0/s1. The van der Waals surface area contributed by atoms with E-state index in [0.717, 1.165) is 31.4 Å². The number of hydrazine groups is 1. The van der Waals surface area contributed by atoms with Crippen LogP contribution in [0.25, 0.3) is 0 Å². The highest BCUT2D eigenvalue weighted by Gasteiger charge is 2.25. The Balaban J connectivity index is 1.61. The van der Waals surface area contributed by atoms with Crippen molar-refractivity contribution in [1.29, 1.82) is 0 Å². The third kappa shape index (κ3) is 4.56. The Morgan fingerprint density at radius 2 is 2.08 bits per heavy atom. The molecule has 0 aliphatic carbocycles. The average Bonchev–Trinajstić information content (AvgIpc) is 2.69. The topological polar surface area (TPSA) is 66.5 Å². The normalized spacial score (nSPS) is 17.3. The molecule has 1 fully saturated rings. The van der Waals surface area contributed by atoms with E-state index in [4.69, 9.17) is 17.0 Å². The van der Waals surface area contributed by atoms with Crippen molar-refractivity contribution in [2.24, 2.45) is 0 Å². The number of aromatic nitrogens is 1. The van der Waals surface area contributed by atoms with Gasteiger partial charge in [0.1, 0.15) is 5.75 Å². The van der Waals surface area contributed by atoms with Gasteiger partial charge in [-0.05, 0) is 61.0 Å². The van der Waals surface area contributed by atoms with Gasteiger partial charge in [0.2, 0.25) is 0 Å². The van der Waals surface area contributed by atoms with E-state index < -0.39 is 0 Å². The van der Waals surface area contributed by atoms with Crippen molar-refractivity contribution in [3.63, 3.8) is 0 Å². The molecule has 0 saturated carbocycles. The molecule has 3 rings (SSSR count). The number of pyridine rings is 1. The Kier molecular flexibility index (Phi) is 6.14. The predicted octanol–water partition coefficient (Wildman–Crippen LogP) is 2.84. The minimum Gasteiger partial charge on any atom is -0.497 e. The first-order valence-electron chi connectivity index (χ1n) is 8.60. The molecule has 1 aromatic carbocycles. The van der Waals surface area contributed by atoms with Gasteiger partial charge in [0.05, 0.1) is 13.2 Å². The van der Waals surface area contributed by atoms with Gasteiger partial charge in [0, 0.05) is 24.5 Å². The van der Waals surface area contributed by atoms with Crippen LogP contribution in [0.1, 0.15) is 41.2 Å². The second kappa shape index (κ2) is 8.73. The van der Waals surface area contributed by atoms with Gasteiger partial charge in [-0.2, -0.15) is 0 Å². The number of piperidine rings is 1. The first-order chi connectivity index (χ1) is 12.7. The number of thiocarbonyl (C=S) groups is 1. The number of carbonyl (C=O) groups excluding carboxylic acids is 1. The Bertz CT molecular complexity index is 752. The van der Waals surface area contributed by atoms with Crippen LogP contribution in [0.3, 0.4) is 0 Å². The number of amides is 1. The van der Waals surface area contributed by atoms with Gasteiger partial charge < -0.3 is 4.74 Å². The van der Waals surface area contributed by atoms with Gasteiger partial charge in [-0.1, -0.05) is 12.5 Å². The zero-order valence-corrected chi connectivity index (χ0v) is 15.5. The lowest BCUT2D eigenvalue weighted by Crippen LogP contribution is -2.51. The number of rotatable bonds is 4. The predicted molar refractivity (Wildman–Crippen MR) is 104 cm³/mol. The summed E-state index contributed by atoms with van der Waals surface area (Å²) in [4.78, 5) is 16.5. The maximum Gasteiger partial charge on any atom is 0.257 e. The number of methoxy groups -OCH3 is 1. The number of nitrogens with one attached hydrogen (secondary N) is 2. The van der Waals surface area contributed by atoms with Crippen molar-refractivity contribution in [1.82, 2.24) is 20.7 Å². The molecule has 1 aliphatic heterocycles.